The van der Waals surface area contributed by atoms with Crippen molar-refractivity contribution in [1.29, 1.82) is 0 Å². The molecule has 0 amide bonds. The number of nitrogens with zero attached hydrogens (tertiary/aromatic N) is 2. The first-order valence-electron chi connectivity index (χ1n) is 8.98. The average Bonchev–Trinajstić information content (AvgIpc) is 3.32. The Morgan fingerprint density at radius 3 is 2.72 bits per heavy atom. The molecule has 5 nitrogen and oxygen atoms in total. The van der Waals surface area contributed by atoms with Gasteiger partial charge in [0.15, 0.2) is 4.80 Å². The molecule has 1 atom stereocenters. The van der Waals surface area contributed by atoms with Crippen molar-refractivity contribution in [3.05, 3.63) is 88.2 Å². The Balaban J connectivity index is 1.93. The number of carbonyl (C=O) groups excluding carboxylic acids is 1. The van der Waals surface area contributed by atoms with Gasteiger partial charge in [-0.15, -0.1) is 11.3 Å². The number of hydrogen-bond acceptors (Lipinski definition) is 6. The van der Waals surface area contributed by atoms with Gasteiger partial charge in [0, 0.05) is 9.90 Å². The number of rotatable bonds is 4. The summed E-state index contributed by atoms with van der Waals surface area (Å²) < 4.78 is 7.41. The van der Waals surface area contributed by atoms with Crippen LogP contribution < -0.4 is 14.9 Å². The minimum Gasteiger partial charge on any atom is -0.463 e. The lowest BCUT2D eigenvalue weighted by molar-refractivity contribution is -0.139. The first kappa shape index (κ1) is 19.8. The number of hydrogen-bond donors (Lipinski definition) is 0. The molecule has 0 aliphatic carbocycles. The van der Waals surface area contributed by atoms with Gasteiger partial charge in [0.1, 0.15) is 6.04 Å². The van der Waals surface area contributed by atoms with E-state index >= 15 is 0 Å². The van der Waals surface area contributed by atoms with Crippen LogP contribution in [0.1, 0.15) is 30.3 Å². The van der Waals surface area contributed by atoms with E-state index in [1.807, 2.05) is 35.7 Å². The monoisotopic (exact) mass is 444 g/mol. The molecule has 3 aromatic rings. The predicted octanol–water partition coefficient (Wildman–Crippen LogP) is 3.51. The highest BCUT2D eigenvalue weighted by Crippen LogP contribution is 2.33. The summed E-state index contributed by atoms with van der Waals surface area (Å²) in [7, 11) is 0. The zero-order chi connectivity index (χ0) is 20.5. The molecule has 0 spiro atoms. The van der Waals surface area contributed by atoms with Gasteiger partial charge >= 0.3 is 5.97 Å². The first-order valence-corrected chi connectivity index (χ1v) is 11.1. The standard InChI is InChI=1S/C21H17ClN2O3S2/c1-3-27-20(26)17-12(2)23-21-24(18(17)15-5-4-10-28-15)19(25)16(29-21)11-13-6-8-14(22)9-7-13/h4-11,18H,3H2,1-2H3/b16-11+. The van der Waals surface area contributed by atoms with Crippen molar-refractivity contribution in [2.45, 2.75) is 19.9 Å². The van der Waals surface area contributed by atoms with E-state index in [1.54, 1.807) is 30.5 Å². The number of thiazole rings is 1. The molecule has 0 fully saturated rings. The maximum absolute atomic E-state index is 13.3. The minimum atomic E-state index is -0.544. The second-order valence-electron chi connectivity index (χ2n) is 6.37. The Hall–Kier alpha value is -2.48. The quantitative estimate of drug-likeness (QED) is 0.578. The molecule has 0 radical (unpaired) electrons. The molecule has 1 aliphatic rings. The van der Waals surface area contributed by atoms with Gasteiger partial charge in [-0.2, -0.15) is 0 Å². The van der Waals surface area contributed by atoms with E-state index in [0.29, 0.717) is 25.6 Å². The number of ether oxygens (including phenoxy) is 1. The van der Waals surface area contributed by atoms with Gasteiger partial charge in [-0.1, -0.05) is 41.1 Å². The molecule has 3 heterocycles. The Kier molecular flexibility index (Phi) is 5.54. The first-order chi connectivity index (χ1) is 14.0. The van der Waals surface area contributed by atoms with Crippen LogP contribution in [0.3, 0.4) is 0 Å². The third kappa shape index (κ3) is 3.73. The molecule has 148 valence electrons. The molecule has 1 aliphatic heterocycles. The molecule has 1 unspecified atom stereocenters. The molecule has 0 bridgehead atoms. The second kappa shape index (κ2) is 8.10. The van der Waals surface area contributed by atoms with Crippen LogP contribution in [-0.4, -0.2) is 17.1 Å². The van der Waals surface area contributed by atoms with E-state index in [0.717, 1.165) is 10.4 Å². The van der Waals surface area contributed by atoms with Gasteiger partial charge < -0.3 is 4.74 Å². The van der Waals surface area contributed by atoms with Gasteiger partial charge in [-0.25, -0.2) is 9.79 Å². The fraction of sp³-hybridized carbons (Fsp3) is 0.190. The van der Waals surface area contributed by atoms with Gasteiger partial charge in [0.2, 0.25) is 0 Å². The second-order valence-corrected chi connectivity index (χ2v) is 8.79. The van der Waals surface area contributed by atoms with Crippen molar-refractivity contribution in [2.24, 2.45) is 4.99 Å². The SMILES string of the molecule is CCOC(=O)C1=C(C)N=c2s/c(=C/c3ccc(Cl)cc3)c(=O)n2C1c1cccs1. The summed E-state index contributed by atoms with van der Waals surface area (Å²) in [6.07, 6.45) is 1.81. The zero-order valence-corrected chi connectivity index (χ0v) is 18.1. The van der Waals surface area contributed by atoms with E-state index in [9.17, 15) is 9.59 Å². The number of carbonyl (C=O) groups is 1. The summed E-state index contributed by atoms with van der Waals surface area (Å²) in [5.74, 6) is -0.445. The summed E-state index contributed by atoms with van der Waals surface area (Å²) in [6.45, 7) is 3.80. The van der Waals surface area contributed by atoms with E-state index in [4.69, 9.17) is 16.3 Å². The molecule has 0 saturated carbocycles. The molecule has 2 aromatic heterocycles. The van der Waals surface area contributed by atoms with Gasteiger partial charge in [0.25, 0.3) is 5.56 Å². The van der Waals surface area contributed by atoms with Crippen LogP contribution in [0.15, 0.2) is 62.8 Å². The Bertz CT molecular complexity index is 1270. The van der Waals surface area contributed by atoms with E-state index in [2.05, 4.69) is 4.99 Å². The van der Waals surface area contributed by atoms with Gasteiger partial charge in [-0.3, -0.25) is 9.36 Å². The number of aromatic nitrogens is 1. The molecular formula is C21H17ClN2O3S2. The topological polar surface area (TPSA) is 60.7 Å². The van der Waals surface area contributed by atoms with E-state index in [-0.39, 0.29) is 12.2 Å². The highest BCUT2D eigenvalue weighted by Gasteiger charge is 2.33. The Morgan fingerprint density at radius 1 is 1.31 bits per heavy atom. The molecule has 4 rings (SSSR count). The summed E-state index contributed by atoms with van der Waals surface area (Å²) in [4.78, 5) is 32.0. The lowest BCUT2D eigenvalue weighted by Gasteiger charge is -2.23. The smallest absolute Gasteiger partial charge is 0.338 e. The Labute approximate surface area is 179 Å². The summed E-state index contributed by atoms with van der Waals surface area (Å²) in [5, 5.41) is 2.56. The maximum atomic E-state index is 13.3. The van der Waals surface area contributed by atoms with Crippen LogP contribution in [0.25, 0.3) is 6.08 Å². The summed E-state index contributed by atoms with van der Waals surface area (Å²) in [6, 6.07) is 10.5. The minimum absolute atomic E-state index is 0.184. The van der Waals surface area contributed by atoms with Crippen molar-refractivity contribution in [3.8, 4) is 0 Å². The molecule has 1 aromatic carbocycles. The number of allylic oxidation sites excluding steroid dienone is 1. The highest BCUT2D eigenvalue weighted by atomic mass is 35.5. The summed E-state index contributed by atoms with van der Waals surface area (Å²) >= 11 is 8.75. The third-order valence-electron chi connectivity index (χ3n) is 4.50. The third-order valence-corrected chi connectivity index (χ3v) is 6.66. The number of halogens is 1. The van der Waals surface area contributed by atoms with Crippen LogP contribution in [0.5, 0.6) is 0 Å². The van der Waals surface area contributed by atoms with Crippen molar-refractivity contribution >= 4 is 46.3 Å². The lowest BCUT2D eigenvalue weighted by Crippen LogP contribution is -2.39. The largest absolute Gasteiger partial charge is 0.463 e. The average molecular weight is 445 g/mol. The highest BCUT2D eigenvalue weighted by molar-refractivity contribution is 7.10. The maximum Gasteiger partial charge on any atom is 0.338 e. The van der Waals surface area contributed by atoms with Crippen molar-refractivity contribution < 1.29 is 9.53 Å². The van der Waals surface area contributed by atoms with Crippen molar-refractivity contribution in [3.63, 3.8) is 0 Å². The van der Waals surface area contributed by atoms with Crippen molar-refractivity contribution in [1.82, 2.24) is 4.57 Å². The number of thiophene rings is 1. The fourth-order valence-electron chi connectivity index (χ4n) is 3.22. The van der Waals surface area contributed by atoms with E-state index in [1.165, 1.54) is 22.7 Å². The molecule has 29 heavy (non-hydrogen) atoms. The molecule has 0 N–H and O–H groups in total. The summed E-state index contributed by atoms with van der Waals surface area (Å²) in [5.41, 5.74) is 1.66. The van der Waals surface area contributed by atoms with Crippen LogP contribution in [0.2, 0.25) is 5.02 Å². The van der Waals surface area contributed by atoms with E-state index < -0.39 is 12.0 Å². The number of esters is 1. The van der Waals surface area contributed by atoms with Gasteiger partial charge in [-0.05, 0) is 49.1 Å². The fourth-order valence-corrected chi connectivity index (χ4v) is 5.21. The van der Waals surface area contributed by atoms with Crippen LogP contribution in [0.4, 0.5) is 0 Å². The number of benzene rings is 1. The molecule has 0 saturated heterocycles. The van der Waals surface area contributed by atoms with Crippen molar-refractivity contribution in [2.75, 3.05) is 6.61 Å². The van der Waals surface area contributed by atoms with Crippen LogP contribution >= 0.6 is 34.3 Å². The lowest BCUT2D eigenvalue weighted by atomic mass is 10.0. The van der Waals surface area contributed by atoms with Gasteiger partial charge in [0.05, 0.1) is 22.4 Å². The molecule has 8 heteroatoms. The number of fused-ring (bicyclic) bond motifs is 1. The van der Waals surface area contributed by atoms with Crippen LogP contribution in [-0.2, 0) is 9.53 Å². The predicted molar refractivity (Wildman–Crippen MR) is 116 cm³/mol. The Morgan fingerprint density at radius 2 is 2.07 bits per heavy atom. The van der Waals surface area contributed by atoms with Crippen LogP contribution in [0, 0.1) is 0 Å². The molecular weight excluding hydrogens is 428 g/mol. The zero-order valence-electron chi connectivity index (χ0n) is 15.7. The normalized spacial score (nSPS) is 16.5.